The number of hydrogen-bond acceptors (Lipinski definition) is 4. The molecule has 0 bridgehead atoms. The summed E-state index contributed by atoms with van der Waals surface area (Å²) in [6.45, 7) is 0. The van der Waals surface area contributed by atoms with Crippen molar-refractivity contribution < 1.29 is 4.92 Å². The minimum atomic E-state index is -0.502. The van der Waals surface area contributed by atoms with E-state index in [0.29, 0.717) is 33.0 Å². The summed E-state index contributed by atoms with van der Waals surface area (Å²) in [4.78, 5) is 28.5. The largest absolute Gasteiger partial charge is 0.271 e. The maximum absolute atomic E-state index is 13.2. The molecule has 0 aliphatic carbocycles. The summed E-state index contributed by atoms with van der Waals surface area (Å²) < 4.78 is 1.36. The van der Waals surface area contributed by atoms with Crippen LogP contribution in [0.25, 0.3) is 28.0 Å². The van der Waals surface area contributed by atoms with Crippen LogP contribution in [0.2, 0.25) is 5.02 Å². The Morgan fingerprint density at radius 2 is 1.70 bits per heavy atom. The highest BCUT2D eigenvalue weighted by Crippen LogP contribution is 2.29. The van der Waals surface area contributed by atoms with Crippen LogP contribution >= 0.6 is 11.6 Å². The number of non-ortho nitro benzene ring substituents is 1. The molecular weight excluding hydrogens is 366 g/mol. The van der Waals surface area contributed by atoms with Gasteiger partial charge >= 0.3 is 0 Å². The van der Waals surface area contributed by atoms with Crippen molar-refractivity contribution >= 4 is 28.2 Å². The lowest BCUT2D eigenvalue weighted by Crippen LogP contribution is -2.22. The molecule has 3 aromatic carbocycles. The first kappa shape index (κ1) is 16.9. The molecule has 1 aromatic heterocycles. The minimum Gasteiger partial charge on any atom is -0.268 e. The van der Waals surface area contributed by atoms with E-state index in [4.69, 9.17) is 11.6 Å². The van der Waals surface area contributed by atoms with Crippen molar-refractivity contribution in [2.75, 3.05) is 0 Å². The molecule has 6 nitrogen and oxygen atoms in total. The number of nitrogens with zero attached hydrogens (tertiary/aromatic N) is 3. The van der Waals surface area contributed by atoms with Crippen molar-refractivity contribution in [2.24, 2.45) is 0 Å². The highest BCUT2D eigenvalue weighted by atomic mass is 35.5. The number of nitro benzene ring substituents is 1. The Kier molecular flexibility index (Phi) is 4.18. The Morgan fingerprint density at radius 1 is 0.963 bits per heavy atom. The van der Waals surface area contributed by atoms with Crippen molar-refractivity contribution in [1.82, 2.24) is 9.55 Å². The van der Waals surface area contributed by atoms with Gasteiger partial charge in [-0.2, -0.15) is 0 Å². The predicted molar refractivity (Wildman–Crippen MR) is 104 cm³/mol. The number of benzene rings is 3. The standard InChI is InChI=1S/C20H12ClN3O3/c21-17-10-3-1-8-15(17)19-22-18-11-4-2-9-16(18)20(25)23(19)13-6-5-7-14(12-13)24(26)27/h1-12H. The molecule has 0 radical (unpaired) electrons. The number of para-hydroxylation sites is 1. The van der Waals surface area contributed by atoms with Crippen LogP contribution < -0.4 is 5.56 Å². The normalized spacial score (nSPS) is 10.9. The van der Waals surface area contributed by atoms with Crippen molar-refractivity contribution in [3.8, 4) is 17.1 Å². The second kappa shape index (κ2) is 6.66. The molecule has 0 saturated heterocycles. The van der Waals surface area contributed by atoms with Crippen LogP contribution in [0.15, 0.2) is 77.6 Å². The number of fused-ring (bicyclic) bond motifs is 1. The van der Waals surface area contributed by atoms with E-state index >= 15 is 0 Å². The molecule has 4 rings (SSSR count). The molecule has 7 heteroatoms. The highest BCUT2D eigenvalue weighted by molar-refractivity contribution is 6.33. The molecule has 1 heterocycles. The molecule has 0 amide bonds. The van der Waals surface area contributed by atoms with Gasteiger partial charge in [0.05, 0.1) is 26.5 Å². The molecule has 0 atom stereocenters. The summed E-state index contributed by atoms with van der Waals surface area (Å²) in [6.07, 6.45) is 0. The van der Waals surface area contributed by atoms with Gasteiger partial charge in [-0.1, -0.05) is 41.9 Å². The zero-order valence-corrected chi connectivity index (χ0v) is 14.6. The fourth-order valence-corrected chi connectivity index (χ4v) is 3.16. The van der Waals surface area contributed by atoms with Gasteiger partial charge in [0.1, 0.15) is 5.82 Å². The Labute approximate surface area is 158 Å². The quantitative estimate of drug-likeness (QED) is 0.385. The van der Waals surface area contributed by atoms with Crippen LogP contribution in [-0.4, -0.2) is 14.5 Å². The van der Waals surface area contributed by atoms with E-state index in [0.717, 1.165) is 0 Å². The van der Waals surface area contributed by atoms with E-state index in [-0.39, 0.29) is 11.2 Å². The molecule has 0 N–H and O–H groups in total. The third kappa shape index (κ3) is 2.96. The van der Waals surface area contributed by atoms with Gasteiger partial charge in [-0.15, -0.1) is 0 Å². The molecular formula is C20H12ClN3O3. The number of halogens is 1. The molecule has 0 aliphatic heterocycles. The second-order valence-corrected chi connectivity index (χ2v) is 6.26. The Balaban J connectivity index is 2.13. The average molecular weight is 378 g/mol. The molecule has 0 unspecified atom stereocenters. The van der Waals surface area contributed by atoms with Gasteiger partial charge in [0, 0.05) is 17.7 Å². The summed E-state index contributed by atoms with van der Waals surface area (Å²) in [7, 11) is 0. The zero-order chi connectivity index (χ0) is 19.0. The second-order valence-electron chi connectivity index (χ2n) is 5.85. The SMILES string of the molecule is O=c1c2ccccc2nc(-c2ccccc2Cl)n1-c1cccc([N+](=O)[O-])c1. The number of rotatable bonds is 3. The first-order chi connectivity index (χ1) is 13.1. The number of nitro groups is 1. The molecule has 0 aliphatic rings. The molecule has 27 heavy (non-hydrogen) atoms. The van der Waals surface area contributed by atoms with E-state index in [1.54, 1.807) is 54.6 Å². The monoisotopic (exact) mass is 377 g/mol. The van der Waals surface area contributed by atoms with Crippen LogP contribution in [0.4, 0.5) is 5.69 Å². The van der Waals surface area contributed by atoms with Gasteiger partial charge in [0.25, 0.3) is 11.2 Å². The highest BCUT2D eigenvalue weighted by Gasteiger charge is 2.17. The zero-order valence-electron chi connectivity index (χ0n) is 13.9. The fourth-order valence-electron chi connectivity index (χ4n) is 2.94. The van der Waals surface area contributed by atoms with Gasteiger partial charge in [0.15, 0.2) is 0 Å². The van der Waals surface area contributed by atoms with Gasteiger partial charge in [0.2, 0.25) is 0 Å². The summed E-state index contributed by atoms with van der Waals surface area (Å²) in [5.74, 6) is 0.324. The van der Waals surface area contributed by atoms with Gasteiger partial charge in [-0.3, -0.25) is 19.5 Å². The summed E-state index contributed by atoms with van der Waals surface area (Å²) in [6, 6.07) is 19.9. The van der Waals surface area contributed by atoms with E-state index in [1.165, 1.54) is 22.8 Å². The lowest BCUT2D eigenvalue weighted by atomic mass is 10.1. The molecule has 0 spiro atoms. The van der Waals surface area contributed by atoms with Gasteiger partial charge < -0.3 is 0 Å². The van der Waals surface area contributed by atoms with Crippen LogP contribution in [0.1, 0.15) is 0 Å². The first-order valence-electron chi connectivity index (χ1n) is 8.08. The van der Waals surface area contributed by atoms with Gasteiger partial charge in [-0.05, 0) is 30.3 Å². The number of aromatic nitrogens is 2. The van der Waals surface area contributed by atoms with Crippen molar-refractivity contribution in [3.05, 3.63) is 98.3 Å². The van der Waals surface area contributed by atoms with Crippen LogP contribution in [0.5, 0.6) is 0 Å². The van der Waals surface area contributed by atoms with Crippen molar-refractivity contribution in [1.29, 1.82) is 0 Å². The lowest BCUT2D eigenvalue weighted by molar-refractivity contribution is -0.384. The Bertz CT molecular complexity index is 1250. The summed E-state index contributed by atoms with van der Waals surface area (Å²) >= 11 is 6.34. The molecule has 0 saturated carbocycles. The van der Waals surface area contributed by atoms with Crippen molar-refractivity contribution in [2.45, 2.75) is 0 Å². The average Bonchev–Trinajstić information content (AvgIpc) is 2.68. The van der Waals surface area contributed by atoms with Crippen LogP contribution in [0.3, 0.4) is 0 Å². The van der Waals surface area contributed by atoms with E-state index in [2.05, 4.69) is 4.98 Å². The van der Waals surface area contributed by atoms with Crippen molar-refractivity contribution in [3.63, 3.8) is 0 Å². The van der Waals surface area contributed by atoms with E-state index < -0.39 is 4.92 Å². The maximum Gasteiger partial charge on any atom is 0.271 e. The maximum atomic E-state index is 13.2. The summed E-state index contributed by atoms with van der Waals surface area (Å²) in [5, 5.41) is 12.0. The predicted octanol–water partition coefficient (Wildman–Crippen LogP) is 4.61. The molecule has 0 fully saturated rings. The third-order valence-corrected chi connectivity index (χ3v) is 4.52. The lowest BCUT2D eigenvalue weighted by Gasteiger charge is -2.14. The number of hydrogen-bond donors (Lipinski definition) is 0. The third-order valence-electron chi connectivity index (χ3n) is 4.19. The van der Waals surface area contributed by atoms with Gasteiger partial charge in [-0.25, -0.2) is 4.98 Å². The minimum absolute atomic E-state index is 0.113. The summed E-state index contributed by atoms with van der Waals surface area (Å²) in [5.41, 5.74) is 1.00. The van der Waals surface area contributed by atoms with E-state index in [1.807, 2.05) is 0 Å². The molecule has 132 valence electrons. The van der Waals surface area contributed by atoms with Crippen LogP contribution in [0, 0.1) is 10.1 Å². The smallest absolute Gasteiger partial charge is 0.268 e. The fraction of sp³-hybridized carbons (Fsp3) is 0. The Morgan fingerprint density at radius 3 is 2.48 bits per heavy atom. The van der Waals surface area contributed by atoms with E-state index in [9.17, 15) is 14.9 Å². The topological polar surface area (TPSA) is 78.0 Å². The Hall–Kier alpha value is -3.51. The first-order valence-corrected chi connectivity index (χ1v) is 8.45. The molecule has 4 aromatic rings. The van der Waals surface area contributed by atoms with Crippen LogP contribution in [-0.2, 0) is 0 Å².